The second-order valence-corrected chi connectivity index (χ2v) is 5.31. The van der Waals surface area contributed by atoms with E-state index in [1.54, 1.807) is 0 Å². The number of amides is 1. The molecule has 2 N–H and O–H groups in total. The molecule has 0 unspecified atom stereocenters. The third-order valence-corrected chi connectivity index (χ3v) is 3.45. The highest BCUT2D eigenvalue weighted by Gasteiger charge is 2.37. The normalized spacial score (nSPS) is 21.8. The molecule has 0 atom stereocenters. The average Bonchev–Trinajstić information content (AvgIpc) is 3.19. The second kappa shape index (κ2) is 3.30. The van der Waals surface area contributed by atoms with Gasteiger partial charge in [0.25, 0.3) is 5.91 Å². The van der Waals surface area contributed by atoms with Gasteiger partial charge in [0.15, 0.2) is 0 Å². The van der Waals surface area contributed by atoms with Crippen LogP contribution >= 0.6 is 0 Å². The summed E-state index contributed by atoms with van der Waals surface area (Å²) >= 11 is 0. The highest BCUT2D eigenvalue weighted by Crippen LogP contribution is 2.44. The van der Waals surface area contributed by atoms with E-state index in [1.165, 1.54) is 12.8 Å². The lowest BCUT2D eigenvalue weighted by atomic mass is 10.1. The number of nitrogens with zero attached hydrogens (tertiary/aromatic N) is 2. The Balaban J connectivity index is 1.59. The van der Waals surface area contributed by atoms with Gasteiger partial charge in [0.1, 0.15) is 5.82 Å². The summed E-state index contributed by atoms with van der Waals surface area (Å²) in [5.74, 6) is 1.50. The van der Waals surface area contributed by atoms with E-state index in [0.717, 1.165) is 25.2 Å². The Morgan fingerprint density at radius 2 is 2.31 bits per heavy atom. The number of aromatic nitrogens is 3. The van der Waals surface area contributed by atoms with Gasteiger partial charge in [-0.3, -0.25) is 9.89 Å². The summed E-state index contributed by atoms with van der Waals surface area (Å²) in [5.41, 5.74) is 0.325. The standard InChI is InChI=1S/C11H16N4O/c1-11(4-5-11)6-12-10(16)9-13-8(14-15-9)7-2-3-7/h7H,2-6H2,1H3,(H,12,16)(H,13,14,15). The minimum Gasteiger partial charge on any atom is -0.349 e. The number of rotatable bonds is 4. The molecule has 1 aromatic rings. The molecule has 0 bridgehead atoms. The highest BCUT2D eigenvalue weighted by atomic mass is 16.2. The van der Waals surface area contributed by atoms with Gasteiger partial charge >= 0.3 is 0 Å². The minimum atomic E-state index is -0.156. The molecule has 1 amide bonds. The van der Waals surface area contributed by atoms with Gasteiger partial charge in [-0.2, -0.15) is 0 Å². The molecule has 5 nitrogen and oxygen atoms in total. The summed E-state index contributed by atoms with van der Waals surface area (Å²) in [6.45, 7) is 2.92. The van der Waals surface area contributed by atoms with Crippen LogP contribution in [0.4, 0.5) is 0 Å². The van der Waals surface area contributed by atoms with Crippen LogP contribution in [0.25, 0.3) is 0 Å². The molecule has 2 fully saturated rings. The van der Waals surface area contributed by atoms with E-state index in [-0.39, 0.29) is 11.7 Å². The summed E-state index contributed by atoms with van der Waals surface area (Å²) in [7, 11) is 0. The fraction of sp³-hybridized carbons (Fsp3) is 0.727. The zero-order valence-electron chi connectivity index (χ0n) is 9.42. The van der Waals surface area contributed by atoms with Crippen LogP contribution in [0.15, 0.2) is 0 Å². The van der Waals surface area contributed by atoms with Crippen molar-refractivity contribution in [2.45, 2.75) is 38.5 Å². The number of carbonyl (C=O) groups is 1. The van der Waals surface area contributed by atoms with Gasteiger partial charge in [-0.15, -0.1) is 5.10 Å². The van der Waals surface area contributed by atoms with Gasteiger partial charge in [-0.25, -0.2) is 4.98 Å². The third kappa shape index (κ3) is 1.94. The lowest BCUT2D eigenvalue weighted by Crippen LogP contribution is -2.29. The van der Waals surface area contributed by atoms with Crippen molar-refractivity contribution in [1.82, 2.24) is 20.5 Å². The van der Waals surface area contributed by atoms with E-state index in [4.69, 9.17) is 0 Å². The number of nitrogens with one attached hydrogen (secondary N) is 2. The molecule has 0 aromatic carbocycles. The first-order valence-electron chi connectivity index (χ1n) is 5.87. The fourth-order valence-electron chi connectivity index (χ4n) is 1.68. The van der Waals surface area contributed by atoms with Gasteiger partial charge < -0.3 is 5.32 Å². The van der Waals surface area contributed by atoms with Crippen molar-refractivity contribution in [2.75, 3.05) is 6.54 Å². The average molecular weight is 220 g/mol. The third-order valence-electron chi connectivity index (χ3n) is 3.45. The molecule has 5 heteroatoms. The van der Waals surface area contributed by atoms with Crippen LogP contribution in [0, 0.1) is 5.41 Å². The Hall–Kier alpha value is -1.39. The summed E-state index contributed by atoms with van der Waals surface area (Å²) in [6, 6.07) is 0. The molecule has 2 aliphatic carbocycles. The minimum absolute atomic E-state index is 0.156. The molecule has 0 aliphatic heterocycles. The van der Waals surface area contributed by atoms with Crippen LogP contribution in [0.2, 0.25) is 0 Å². The van der Waals surface area contributed by atoms with Crippen molar-refractivity contribution in [3.8, 4) is 0 Å². The summed E-state index contributed by atoms with van der Waals surface area (Å²) < 4.78 is 0. The Labute approximate surface area is 94.0 Å². The maximum Gasteiger partial charge on any atom is 0.290 e. The van der Waals surface area contributed by atoms with Crippen LogP contribution in [0.3, 0.4) is 0 Å². The van der Waals surface area contributed by atoms with Crippen LogP contribution in [0.1, 0.15) is 55.0 Å². The zero-order chi connectivity index (χ0) is 11.2. The molecule has 0 radical (unpaired) electrons. The smallest absolute Gasteiger partial charge is 0.290 e. The Kier molecular flexibility index (Phi) is 2.02. The second-order valence-electron chi connectivity index (χ2n) is 5.31. The molecule has 3 rings (SSSR count). The molecular formula is C11H16N4O. The van der Waals surface area contributed by atoms with Gasteiger partial charge in [-0.1, -0.05) is 6.92 Å². The lowest BCUT2D eigenvalue weighted by molar-refractivity contribution is 0.0936. The molecule has 1 aromatic heterocycles. The summed E-state index contributed by atoms with van der Waals surface area (Å²) in [4.78, 5) is 15.9. The Morgan fingerprint density at radius 3 is 2.94 bits per heavy atom. The molecule has 1 heterocycles. The summed E-state index contributed by atoms with van der Waals surface area (Å²) in [6.07, 6.45) is 4.73. The first-order chi connectivity index (χ1) is 7.66. The van der Waals surface area contributed by atoms with E-state index >= 15 is 0 Å². The van der Waals surface area contributed by atoms with Crippen molar-refractivity contribution in [2.24, 2.45) is 5.41 Å². The van der Waals surface area contributed by atoms with Crippen molar-refractivity contribution in [3.63, 3.8) is 0 Å². The summed E-state index contributed by atoms with van der Waals surface area (Å²) in [5, 5.41) is 9.68. The van der Waals surface area contributed by atoms with Gasteiger partial charge in [-0.05, 0) is 31.1 Å². The quantitative estimate of drug-likeness (QED) is 0.801. The zero-order valence-corrected chi connectivity index (χ0v) is 9.42. The van der Waals surface area contributed by atoms with E-state index in [2.05, 4.69) is 27.4 Å². The van der Waals surface area contributed by atoms with E-state index in [1.807, 2.05) is 0 Å². The highest BCUT2D eigenvalue weighted by molar-refractivity contribution is 5.90. The van der Waals surface area contributed by atoms with Crippen molar-refractivity contribution < 1.29 is 4.79 Å². The van der Waals surface area contributed by atoms with Gasteiger partial charge in [0.05, 0.1) is 0 Å². The SMILES string of the molecule is CC1(CNC(=O)c2n[nH]c(C3CC3)n2)CC1. The predicted molar refractivity (Wildman–Crippen MR) is 58.0 cm³/mol. The monoisotopic (exact) mass is 220 g/mol. The molecule has 16 heavy (non-hydrogen) atoms. The van der Waals surface area contributed by atoms with E-state index < -0.39 is 0 Å². The van der Waals surface area contributed by atoms with Gasteiger partial charge in [0, 0.05) is 12.5 Å². The molecule has 0 spiro atoms. The number of H-pyrrole nitrogens is 1. The first kappa shape index (κ1) is 9.81. The van der Waals surface area contributed by atoms with Gasteiger partial charge in [0.2, 0.25) is 5.82 Å². The number of hydrogen-bond acceptors (Lipinski definition) is 3. The largest absolute Gasteiger partial charge is 0.349 e. The Bertz CT molecular complexity index is 417. The van der Waals surface area contributed by atoms with E-state index in [0.29, 0.717) is 11.3 Å². The van der Waals surface area contributed by atoms with Crippen molar-refractivity contribution >= 4 is 5.91 Å². The number of aromatic amines is 1. The predicted octanol–water partition coefficient (Wildman–Crippen LogP) is 1.21. The van der Waals surface area contributed by atoms with Crippen LogP contribution < -0.4 is 5.32 Å². The molecule has 2 saturated carbocycles. The van der Waals surface area contributed by atoms with E-state index in [9.17, 15) is 4.79 Å². The molecular weight excluding hydrogens is 204 g/mol. The maximum atomic E-state index is 11.7. The van der Waals surface area contributed by atoms with Crippen LogP contribution in [-0.2, 0) is 0 Å². The fourth-order valence-corrected chi connectivity index (χ4v) is 1.68. The lowest BCUT2D eigenvalue weighted by Gasteiger charge is -2.07. The Morgan fingerprint density at radius 1 is 1.56 bits per heavy atom. The molecule has 0 saturated heterocycles. The van der Waals surface area contributed by atoms with Crippen LogP contribution in [-0.4, -0.2) is 27.6 Å². The molecule has 86 valence electrons. The van der Waals surface area contributed by atoms with Crippen molar-refractivity contribution in [3.05, 3.63) is 11.6 Å². The number of hydrogen-bond donors (Lipinski definition) is 2. The maximum absolute atomic E-state index is 11.7. The van der Waals surface area contributed by atoms with Crippen molar-refractivity contribution in [1.29, 1.82) is 0 Å². The van der Waals surface area contributed by atoms with Crippen LogP contribution in [0.5, 0.6) is 0 Å². The topological polar surface area (TPSA) is 70.7 Å². The number of carbonyl (C=O) groups excluding carboxylic acids is 1. The first-order valence-corrected chi connectivity index (χ1v) is 5.87. The molecule has 2 aliphatic rings.